The summed E-state index contributed by atoms with van der Waals surface area (Å²) in [5.41, 5.74) is 2.73. The van der Waals surface area contributed by atoms with Crippen molar-refractivity contribution < 1.29 is 4.79 Å². The van der Waals surface area contributed by atoms with E-state index in [9.17, 15) is 4.79 Å². The van der Waals surface area contributed by atoms with Crippen LogP contribution in [0.2, 0.25) is 0 Å². The van der Waals surface area contributed by atoms with Gasteiger partial charge < -0.3 is 5.32 Å². The van der Waals surface area contributed by atoms with E-state index < -0.39 is 0 Å². The quantitative estimate of drug-likeness (QED) is 0.849. The average Bonchev–Trinajstić information content (AvgIpc) is 2.57. The van der Waals surface area contributed by atoms with Crippen LogP contribution in [0.25, 0.3) is 0 Å². The molecule has 1 N–H and O–H groups in total. The fourth-order valence-electron chi connectivity index (χ4n) is 3.01. The second-order valence-electron chi connectivity index (χ2n) is 5.49. The molecule has 1 atom stereocenters. The first-order valence-electron chi connectivity index (χ1n) is 7.44. The van der Waals surface area contributed by atoms with E-state index in [2.05, 4.69) is 17.3 Å². The molecular formula is C15H25N3O. The summed E-state index contributed by atoms with van der Waals surface area (Å²) < 4.78 is 1.92. The van der Waals surface area contributed by atoms with Crippen LogP contribution < -0.4 is 5.32 Å². The lowest BCUT2D eigenvalue weighted by atomic mass is 9.99. The first-order chi connectivity index (χ1) is 9.13. The van der Waals surface area contributed by atoms with Gasteiger partial charge in [-0.2, -0.15) is 5.10 Å². The standard InChI is InChI=1S/C15H25N3O/c1-4-18-12(3)15(11(2)17-18)14(19)10-13-8-6-5-7-9-16-13/h13,16H,4-10H2,1-3H3. The maximum Gasteiger partial charge on any atom is 0.168 e. The molecule has 106 valence electrons. The molecule has 0 radical (unpaired) electrons. The van der Waals surface area contributed by atoms with Gasteiger partial charge in [-0.05, 0) is 40.2 Å². The van der Waals surface area contributed by atoms with E-state index in [1.807, 2.05) is 18.5 Å². The predicted molar refractivity (Wildman–Crippen MR) is 76.6 cm³/mol. The van der Waals surface area contributed by atoms with Crippen molar-refractivity contribution in [2.24, 2.45) is 0 Å². The van der Waals surface area contributed by atoms with Crippen LogP contribution in [0.5, 0.6) is 0 Å². The Labute approximate surface area is 115 Å². The molecule has 0 amide bonds. The molecule has 1 aromatic rings. The predicted octanol–water partition coefficient (Wildman–Crippen LogP) is 2.62. The summed E-state index contributed by atoms with van der Waals surface area (Å²) in [6.45, 7) is 7.86. The molecule has 0 aromatic carbocycles. The van der Waals surface area contributed by atoms with Crippen LogP contribution in [-0.4, -0.2) is 28.2 Å². The number of nitrogens with zero attached hydrogens (tertiary/aromatic N) is 2. The third-order valence-electron chi connectivity index (χ3n) is 4.05. The first kappa shape index (κ1) is 14.3. The van der Waals surface area contributed by atoms with Gasteiger partial charge in [-0.25, -0.2) is 0 Å². The Morgan fingerprint density at radius 1 is 1.37 bits per heavy atom. The van der Waals surface area contributed by atoms with Crippen molar-refractivity contribution >= 4 is 5.78 Å². The van der Waals surface area contributed by atoms with Gasteiger partial charge in [0.15, 0.2) is 5.78 Å². The highest BCUT2D eigenvalue weighted by Crippen LogP contribution is 2.18. The molecule has 2 rings (SSSR count). The van der Waals surface area contributed by atoms with E-state index in [0.29, 0.717) is 12.5 Å². The molecular weight excluding hydrogens is 238 g/mol. The molecule has 0 aliphatic carbocycles. The van der Waals surface area contributed by atoms with E-state index in [4.69, 9.17) is 0 Å². The number of rotatable bonds is 4. The zero-order valence-electron chi connectivity index (χ0n) is 12.3. The van der Waals surface area contributed by atoms with Crippen LogP contribution in [0.3, 0.4) is 0 Å². The number of carbonyl (C=O) groups excluding carboxylic acids is 1. The highest BCUT2D eigenvalue weighted by atomic mass is 16.1. The molecule has 1 aromatic heterocycles. The van der Waals surface area contributed by atoms with Crippen molar-refractivity contribution in [3.8, 4) is 0 Å². The van der Waals surface area contributed by atoms with Crippen LogP contribution in [0.4, 0.5) is 0 Å². The molecule has 0 spiro atoms. The molecule has 19 heavy (non-hydrogen) atoms. The van der Waals surface area contributed by atoms with E-state index >= 15 is 0 Å². The number of carbonyl (C=O) groups is 1. The third kappa shape index (κ3) is 3.24. The summed E-state index contributed by atoms with van der Waals surface area (Å²) in [4.78, 5) is 12.5. The van der Waals surface area contributed by atoms with Gasteiger partial charge in [-0.1, -0.05) is 12.8 Å². The van der Waals surface area contributed by atoms with Gasteiger partial charge in [0.2, 0.25) is 0 Å². The summed E-state index contributed by atoms with van der Waals surface area (Å²) in [5, 5.41) is 7.93. The Balaban J connectivity index is 2.08. The minimum Gasteiger partial charge on any atom is -0.314 e. The van der Waals surface area contributed by atoms with Crippen molar-refractivity contribution in [3.63, 3.8) is 0 Å². The molecule has 2 heterocycles. The Morgan fingerprint density at radius 2 is 2.16 bits per heavy atom. The summed E-state index contributed by atoms with van der Waals surface area (Å²) in [6, 6.07) is 0.346. The van der Waals surface area contributed by atoms with Gasteiger partial charge in [0, 0.05) is 24.7 Å². The normalized spacial score (nSPS) is 20.3. The van der Waals surface area contributed by atoms with E-state index in [1.165, 1.54) is 19.3 Å². The number of hydrogen-bond donors (Lipinski definition) is 1. The van der Waals surface area contributed by atoms with Gasteiger partial charge >= 0.3 is 0 Å². The average molecular weight is 263 g/mol. The summed E-state index contributed by atoms with van der Waals surface area (Å²) in [5.74, 6) is 0.245. The number of ketones is 1. The van der Waals surface area contributed by atoms with Crippen molar-refractivity contribution in [2.45, 2.75) is 65.5 Å². The number of aromatic nitrogens is 2. The Hall–Kier alpha value is -1.16. The summed E-state index contributed by atoms with van der Waals surface area (Å²) >= 11 is 0. The Morgan fingerprint density at radius 3 is 2.84 bits per heavy atom. The first-order valence-corrected chi connectivity index (χ1v) is 7.44. The zero-order chi connectivity index (χ0) is 13.8. The minimum atomic E-state index is 0.245. The highest BCUT2D eigenvalue weighted by Gasteiger charge is 2.22. The van der Waals surface area contributed by atoms with Gasteiger partial charge in [0.05, 0.1) is 11.3 Å². The molecule has 1 aliphatic rings. The zero-order valence-corrected chi connectivity index (χ0v) is 12.3. The Bertz CT molecular complexity index is 442. The van der Waals surface area contributed by atoms with Gasteiger partial charge in [0.25, 0.3) is 0 Å². The minimum absolute atomic E-state index is 0.245. The molecule has 1 fully saturated rings. The molecule has 1 unspecified atom stereocenters. The van der Waals surface area contributed by atoms with Gasteiger partial charge in [0.1, 0.15) is 0 Å². The third-order valence-corrected chi connectivity index (χ3v) is 4.05. The number of Topliss-reactive ketones (excluding diaryl/α,β-unsaturated/α-hetero) is 1. The molecule has 1 saturated heterocycles. The highest BCUT2D eigenvalue weighted by molar-refractivity contribution is 5.98. The van der Waals surface area contributed by atoms with Crippen LogP contribution >= 0.6 is 0 Å². The van der Waals surface area contributed by atoms with E-state index in [0.717, 1.165) is 36.5 Å². The number of nitrogens with one attached hydrogen (secondary N) is 1. The Kier molecular flexibility index (Phi) is 4.75. The van der Waals surface area contributed by atoms with Crippen LogP contribution in [0, 0.1) is 13.8 Å². The van der Waals surface area contributed by atoms with E-state index in [1.54, 1.807) is 0 Å². The topological polar surface area (TPSA) is 46.9 Å². The molecule has 1 aliphatic heterocycles. The maximum absolute atomic E-state index is 12.5. The fourth-order valence-corrected chi connectivity index (χ4v) is 3.01. The summed E-state index contributed by atoms with van der Waals surface area (Å²) in [6.07, 6.45) is 5.47. The van der Waals surface area contributed by atoms with Crippen molar-refractivity contribution in [1.29, 1.82) is 0 Å². The van der Waals surface area contributed by atoms with E-state index in [-0.39, 0.29) is 5.78 Å². The number of aryl methyl sites for hydroxylation is 2. The lowest BCUT2D eigenvalue weighted by molar-refractivity contribution is 0.0967. The van der Waals surface area contributed by atoms with Crippen molar-refractivity contribution in [3.05, 3.63) is 17.0 Å². The lowest BCUT2D eigenvalue weighted by Gasteiger charge is -2.14. The largest absolute Gasteiger partial charge is 0.314 e. The molecule has 0 saturated carbocycles. The smallest absolute Gasteiger partial charge is 0.168 e. The maximum atomic E-state index is 12.5. The SMILES string of the molecule is CCn1nc(C)c(C(=O)CC2CCCCCN2)c1C. The van der Waals surface area contributed by atoms with Gasteiger partial charge in [-0.3, -0.25) is 9.48 Å². The molecule has 4 heteroatoms. The second-order valence-corrected chi connectivity index (χ2v) is 5.49. The second kappa shape index (κ2) is 6.33. The van der Waals surface area contributed by atoms with Crippen molar-refractivity contribution in [1.82, 2.24) is 15.1 Å². The lowest BCUT2D eigenvalue weighted by Crippen LogP contribution is -2.30. The molecule has 4 nitrogen and oxygen atoms in total. The monoisotopic (exact) mass is 263 g/mol. The summed E-state index contributed by atoms with van der Waals surface area (Å²) in [7, 11) is 0. The number of hydrogen-bond acceptors (Lipinski definition) is 3. The van der Waals surface area contributed by atoms with Gasteiger partial charge in [-0.15, -0.1) is 0 Å². The molecule has 0 bridgehead atoms. The fraction of sp³-hybridized carbons (Fsp3) is 0.733. The van der Waals surface area contributed by atoms with Crippen molar-refractivity contribution in [2.75, 3.05) is 6.54 Å². The van der Waals surface area contributed by atoms with Crippen LogP contribution in [0.15, 0.2) is 0 Å². The van der Waals surface area contributed by atoms with Crippen LogP contribution in [-0.2, 0) is 6.54 Å². The van der Waals surface area contributed by atoms with Crippen LogP contribution in [0.1, 0.15) is 60.8 Å².